The monoisotopic (exact) mass is 359 g/mol. The summed E-state index contributed by atoms with van der Waals surface area (Å²) in [5, 5.41) is 0. The Labute approximate surface area is 160 Å². The molecule has 1 atom stereocenters. The summed E-state index contributed by atoms with van der Waals surface area (Å²) in [5.41, 5.74) is 4.58. The molecule has 0 saturated heterocycles. The molecule has 0 aliphatic carbocycles. The van der Waals surface area contributed by atoms with Gasteiger partial charge in [0.05, 0.1) is 17.6 Å². The van der Waals surface area contributed by atoms with Crippen LogP contribution in [0, 0.1) is 12.8 Å². The molecule has 1 aliphatic rings. The molecule has 1 amide bonds. The minimum absolute atomic E-state index is 0.0771. The van der Waals surface area contributed by atoms with E-state index in [1.54, 1.807) is 6.08 Å². The van der Waals surface area contributed by atoms with Gasteiger partial charge in [-0.1, -0.05) is 55.0 Å². The van der Waals surface area contributed by atoms with Gasteiger partial charge in [0.15, 0.2) is 0 Å². The van der Waals surface area contributed by atoms with Gasteiger partial charge < -0.3 is 9.47 Å². The first-order chi connectivity index (χ1) is 13.1. The standard InChI is InChI=1S/C23H25N3O/c1-17-7-10-19(11-8-17)15-26-21-6-4-3-5-20(21)24-22(26)16-25-14-13-18(2)9-12-23(25)27/h3-12,18H,13-16H2,1-2H3. The number of imidazole rings is 1. The Balaban J connectivity index is 1.68. The molecule has 138 valence electrons. The number of hydrogen-bond acceptors (Lipinski definition) is 2. The molecule has 27 heavy (non-hydrogen) atoms. The molecule has 2 heterocycles. The van der Waals surface area contributed by atoms with E-state index in [-0.39, 0.29) is 5.91 Å². The zero-order valence-electron chi connectivity index (χ0n) is 15.9. The summed E-state index contributed by atoms with van der Waals surface area (Å²) in [4.78, 5) is 19.2. The summed E-state index contributed by atoms with van der Waals surface area (Å²) >= 11 is 0. The second-order valence-electron chi connectivity index (χ2n) is 7.47. The summed E-state index contributed by atoms with van der Waals surface area (Å²) in [6, 6.07) is 16.8. The van der Waals surface area contributed by atoms with Crippen LogP contribution in [-0.2, 0) is 17.9 Å². The predicted molar refractivity (Wildman–Crippen MR) is 108 cm³/mol. The molecule has 0 radical (unpaired) electrons. The number of carbonyl (C=O) groups excluding carboxylic acids is 1. The van der Waals surface area contributed by atoms with Crippen LogP contribution in [-0.4, -0.2) is 26.9 Å². The fourth-order valence-corrected chi connectivity index (χ4v) is 3.54. The Hall–Kier alpha value is -2.88. The average Bonchev–Trinajstić information content (AvgIpc) is 2.93. The van der Waals surface area contributed by atoms with Crippen LogP contribution in [0.4, 0.5) is 0 Å². The van der Waals surface area contributed by atoms with Gasteiger partial charge in [-0.2, -0.15) is 0 Å². The lowest BCUT2D eigenvalue weighted by Gasteiger charge is -2.21. The van der Waals surface area contributed by atoms with Gasteiger partial charge in [0.2, 0.25) is 5.91 Å². The lowest BCUT2D eigenvalue weighted by atomic mass is 10.1. The van der Waals surface area contributed by atoms with Crippen LogP contribution in [0.25, 0.3) is 11.0 Å². The minimum Gasteiger partial charge on any atom is -0.332 e. The van der Waals surface area contributed by atoms with Crippen molar-refractivity contribution in [1.29, 1.82) is 0 Å². The van der Waals surface area contributed by atoms with E-state index >= 15 is 0 Å². The Kier molecular flexibility index (Phi) is 4.80. The van der Waals surface area contributed by atoms with E-state index in [1.165, 1.54) is 11.1 Å². The van der Waals surface area contributed by atoms with Crippen LogP contribution in [0.2, 0.25) is 0 Å². The van der Waals surface area contributed by atoms with Crippen molar-refractivity contribution in [3.05, 3.63) is 77.6 Å². The average molecular weight is 359 g/mol. The number of amides is 1. The lowest BCUT2D eigenvalue weighted by Crippen LogP contribution is -2.30. The molecule has 0 bridgehead atoms. The fourth-order valence-electron chi connectivity index (χ4n) is 3.54. The lowest BCUT2D eigenvalue weighted by molar-refractivity contribution is -0.126. The van der Waals surface area contributed by atoms with Crippen molar-refractivity contribution in [1.82, 2.24) is 14.5 Å². The Morgan fingerprint density at radius 2 is 1.85 bits per heavy atom. The molecule has 3 aromatic rings. The molecule has 4 heteroatoms. The van der Waals surface area contributed by atoms with E-state index in [1.807, 2.05) is 29.2 Å². The molecule has 0 fully saturated rings. The number of hydrogen-bond donors (Lipinski definition) is 0. The zero-order valence-corrected chi connectivity index (χ0v) is 15.9. The molecular formula is C23H25N3O. The van der Waals surface area contributed by atoms with E-state index in [0.29, 0.717) is 12.5 Å². The number of benzene rings is 2. The molecule has 4 nitrogen and oxygen atoms in total. The van der Waals surface area contributed by atoms with Crippen LogP contribution in [0.1, 0.15) is 30.3 Å². The maximum Gasteiger partial charge on any atom is 0.246 e. The highest BCUT2D eigenvalue weighted by Gasteiger charge is 2.20. The summed E-state index contributed by atoms with van der Waals surface area (Å²) < 4.78 is 2.24. The third-order valence-corrected chi connectivity index (χ3v) is 5.26. The third-order valence-electron chi connectivity index (χ3n) is 5.26. The molecule has 1 aromatic heterocycles. The second kappa shape index (κ2) is 7.39. The van der Waals surface area contributed by atoms with Gasteiger partial charge in [-0.05, 0) is 43.0 Å². The van der Waals surface area contributed by atoms with Crippen molar-refractivity contribution in [2.24, 2.45) is 5.92 Å². The fraction of sp³-hybridized carbons (Fsp3) is 0.304. The van der Waals surface area contributed by atoms with Crippen molar-refractivity contribution in [3.8, 4) is 0 Å². The van der Waals surface area contributed by atoms with Gasteiger partial charge >= 0.3 is 0 Å². The van der Waals surface area contributed by atoms with Crippen LogP contribution >= 0.6 is 0 Å². The van der Waals surface area contributed by atoms with Gasteiger partial charge in [0, 0.05) is 13.1 Å². The Bertz CT molecular complexity index is 985. The number of allylic oxidation sites excluding steroid dienone is 1. The number of para-hydroxylation sites is 2. The summed E-state index contributed by atoms with van der Waals surface area (Å²) in [6.45, 7) is 6.31. The van der Waals surface area contributed by atoms with Crippen LogP contribution < -0.4 is 0 Å². The number of aryl methyl sites for hydroxylation is 1. The van der Waals surface area contributed by atoms with Crippen molar-refractivity contribution < 1.29 is 4.79 Å². The first-order valence-electron chi connectivity index (χ1n) is 9.57. The van der Waals surface area contributed by atoms with Gasteiger partial charge in [-0.3, -0.25) is 4.79 Å². The highest BCUT2D eigenvalue weighted by molar-refractivity contribution is 5.88. The SMILES string of the molecule is Cc1ccc(Cn2c(CN3CCC(C)C=CC3=O)nc3ccccc32)cc1. The molecular weight excluding hydrogens is 334 g/mol. The number of nitrogens with zero attached hydrogens (tertiary/aromatic N) is 3. The number of fused-ring (bicyclic) bond motifs is 1. The summed E-state index contributed by atoms with van der Waals surface area (Å²) in [7, 11) is 0. The van der Waals surface area contributed by atoms with Gasteiger partial charge in [0.1, 0.15) is 5.82 Å². The highest BCUT2D eigenvalue weighted by atomic mass is 16.2. The molecule has 4 rings (SSSR count). The highest BCUT2D eigenvalue weighted by Crippen LogP contribution is 2.21. The van der Waals surface area contributed by atoms with Crippen LogP contribution in [0.5, 0.6) is 0 Å². The normalized spacial score (nSPS) is 17.5. The van der Waals surface area contributed by atoms with Crippen molar-refractivity contribution in [2.45, 2.75) is 33.4 Å². The summed E-state index contributed by atoms with van der Waals surface area (Å²) in [5.74, 6) is 1.45. The number of aromatic nitrogens is 2. The third kappa shape index (κ3) is 3.80. The molecule has 0 spiro atoms. The van der Waals surface area contributed by atoms with E-state index in [9.17, 15) is 4.79 Å². The number of rotatable bonds is 4. The molecule has 1 aliphatic heterocycles. The predicted octanol–water partition coefficient (Wildman–Crippen LogP) is 4.32. The first kappa shape index (κ1) is 17.5. The molecule has 0 N–H and O–H groups in total. The van der Waals surface area contributed by atoms with Crippen molar-refractivity contribution >= 4 is 16.9 Å². The zero-order chi connectivity index (χ0) is 18.8. The van der Waals surface area contributed by atoms with E-state index < -0.39 is 0 Å². The topological polar surface area (TPSA) is 38.1 Å². The summed E-state index contributed by atoms with van der Waals surface area (Å²) in [6.07, 6.45) is 4.71. The number of carbonyl (C=O) groups is 1. The quantitative estimate of drug-likeness (QED) is 0.696. The first-order valence-corrected chi connectivity index (χ1v) is 9.57. The largest absolute Gasteiger partial charge is 0.332 e. The Morgan fingerprint density at radius 1 is 1.07 bits per heavy atom. The van der Waals surface area contributed by atoms with E-state index in [2.05, 4.69) is 48.7 Å². The van der Waals surface area contributed by atoms with E-state index in [4.69, 9.17) is 4.98 Å². The minimum atomic E-state index is 0.0771. The van der Waals surface area contributed by atoms with Crippen molar-refractivity contribution in [2.75, 3.05) is 6.54 Å². The van der Waals surface area contributed by atoms with E-state index in [0.717, 1.165) is 36.4 Å². The maximum absolute atomic E-state index is 12.5. The van der Waals surface area contributed by atoms with Crippen LogP contribution in [0.3, 0.4) is 0 Å². The van der Waals surface area contributed by atoms with Gasteiger partial charge in [-0.15, -0.1) is 0 Å². The van der Waals surface area contributed by atoms with Crippen LogP contribution in [0.15, 0.2) is 60.7 Å². The van der Waals surface area contributed by atoms with Gasteiger partial charge in [-0.25, -0.2) is 4.98 Å². The van der Waals surface area contributed by atoms with Crippen molar-refractivity contribution in [3.63, 3.8) is 0 Å². The smallest absolute Gasteiger partial charge is 0.246 e. The van der Waals surface area contributed by atoms with Gasteiger partial charge in [0.25, 0.3) is 0 Å². The second-order valence-corrected chi connectivity index (χ2v) is 7.47. The molecule has 1 unspecified atom stereocenters. The molecule has 0 saturated carbocycles. The Morgan fingerprint density at radius 3 is 2.67 bits per heavy atom. The maximum atomic E-state index is 12.5. The molecule has 2 aromatic carbocycles.